The van der Waals surface area contributed by atoms with Crippen molar-refractivity contribution in [3.8, 4) is 0 Å². The van der Waals surface area contributed by atoms with E-state index in [1.165, 1.54) is 193 Å². The van der Waals surface area contributed by atoms with Crippen LogP contribution < -0.4 is 0 Å². The average Bonchev–Trinajstić information content (AvgIpc) is 3.23. The van der Waals surface area contributed by atoms with Crippen LogP contribution in [0.25, 0.3) is 0 Å². The molecule has 0 aromatic carbocycles. The number of likely N-dealkylation sites (N-methyl/N-ethyl adjacent to an activating group) is 1. The summed E-state index contributed by atoms with van der Waals surface area (Å²) in [6, 6.07) is 0. The number of phosphoric ester groups is 1. The molecule has 2 unspecified atom stereocenters. The number of esters is 2. The minimum absolute atomic E-state index is 0.0349. The van der Waals surface area contributed by atoms with Crippen molar-refractivity contribution in [2.45, 2.75) is 264 Å². The molecule has 0 aromatic rings. The molecule has 0 fully saturated rings. The van der Waals surface area contributed by atoms with Gasteiger partial charge < -0.3 is 18.9 Å². The Labute approximate surface area is 384 Å². The molecule has 0 aliphatic rings. The van der Waals surface area contributed by atoms with Crippen LogP contribution in [0.15, 0.2) is 12.2 Å². The van der Waals surface area contributed by atoms with E-state index in [0.29, 0.717) is 23.9 Å². The lowest BCUT2D eigenvalue weighted by Gasteiger charge is -2.24. The molecule has 0 saturated heterocycles. The third kappa shape index (κ3) is 48.2. The van der Waals surface area contributed by atoms with E-state index in [-0.39, 0.29) is 25.6 Å². The molecule has 0 bridgehead atoms. The zero-order chi connectivity index (χ0) is 45.7. The number of hydrogen-bond donors (Lipinski definition) is 1. The van der Waals surface area contributed by atoms with Gasteiger partial charge in [0, 0.05) is 12.8 Å². The molecule has 10 heteroatoms. The lowest BCUT2D eigenvalue weighted by Crippen LogP contribution is -2.37. The summed E-state index contributed by atoms with van der Waals surface area (Å²) in [6.07, 6.45) is 49.7. The number of unbranched alkanes of at least 4 members (excludes halogenated alkanes) is 33. The van der Waals surface area contributed by atoms with Crippen LogP contribution in [0.1, 0.15) is 258 Å². The number of rotatable bonds is 49. The smallest absolute Gasteiger partial charge is 0.462 e. The van der Waals surface area contributed by atoms with Crippen molar-refractivity contribution in [3.05, 3.63) is 12.2 Å². The topological polar surface area (TPSA) is 108 Å². The molecule has 62 heavy (non-hydrogen) atoms. The van der Waals surface area contributed by atoms with E-state index in [2.05, 4.69) is 26.0 Å². The van der Waals surface area contributed by atoms with Crippen LogP contribution in [0.2, 0.25) is 0 Å². The zero-order valence-corrected chi connectivity index (χ0v) is 42.5. The Morgan fingerprint density at radius 1 is 0.484 bits per heavy atom. The first-order chi connectivity index (χ1) is 30.0. The molecule has 0 heterocycles. The first kappa shape index (κ1) is 60.8. The summed E-state index contributed by atoms with van der Waals surface area (Å²) >= 11 is 0. The molecular weight excluding hydrogens is 798 g/mol. The van der Waals surface area contributed by atoms with Crippen molar-refractivity contribution in [3.63, 3.8) is 0 Å². The molecule has 0 aliphatic carbocycles. The van der Waals surface area contributed by atoms with Crippen molar-refractivity contribution in [1.29, 1.82) is 0 Å². The highest BCUT2D eigenvalue weighted by molar-refractivity contribution is 7.47. The van der Waals surface area contributed by atoms with Crippen molar-refractivity contribution < 1.29 is 42.1 Å². The first-order valence-electron chi connectivity index (χ1n) is 26.4. The second-order valence-electron chi connectivity index (χ2n) is 19.3. The molecule has 0 spiro atoms. The van der Waals surface area contributed by atoms with Crippen molar-refractivity contribution in [2.75, 3.05) is 47.5 Å². The molecule has 0 aromatic heterocycles. The van der Waals surface area contributed by atoms with Crippen LogP contribution in [-0.4, -0.2) is 74.9 Å². The second-order valence-corrected chi connectivity index (χ2v) is 20.7. The zero-order valence-electron chi connectivity index (χ0n) is 41.6. The summed E-state index contributed by atoms with van der Waals surface area (Å²) in [4.78, 5) is 35.6. The van der Waals surface area contributed by atoms with E-state index in [1.807, 2.05) is 21.1 Å². The highest BCUT2D eigenvalue weighted by atomic mass is 31.2. The standard InChI is InChI=1S/C52H102NO8P/c1-6-8-10-12-14-16-18-20-22-24-26-28-30-32-34-36-38-40-42-44-51(54)58-48-50(49-60-62(56,57)59-47-46-53(3,4)5)61-52(55)45-43-41-39-37-35-33-31-29-27-25-23-21-19-17-15-13-11-9-7-2/h21,23,50H,6-20,22,24-49H2,1-5H3/p+1/b23-21-. The number of phosphoric acid groups is 1. The number of carbonyl (C=O) groups is 2. The van der Waals surface area contributed by atoms with Crippen molar-refractivity contribution >= 4 is 19.8 Å². The highest BCUT2D eigenvalue weighted by Gasteiger charge is 2.27. The van der Waals surface area contributed by atoms with Gasteiger partial charge in [-0.3, -0.25) is 18.6 Å². The molecule has 0 rings (SSSR count). The van der Waals surface area contributed by atoms with Gasteiger partial charge >= 0.3 is 19.8 Å². The fourth-order valence-corrected chi connectivity index (χ4v) is 8.40. The van der Waals surface area contributed by atoms with E-state index in [0.717, 1.165) is 32.1 Å². The van der Waals surface area contributed by atoms with E-state index < -0.39 is 26.5 Å². The number of hydrogen-bond acceptors (Lipinski definition) is 7. The van der Waals surface area contributed by atoms with Crippen LogP contribution >= 0.6 is 7.82 Å². The Morgan fingerprint density at radius 2 is 0.823 bits per heavy atom. The van der Waals surface area contributed by atoms with Crippen LogP contribution in [-0.2, 0) is 32.7 Å². The third-order valence-corrected chi connectivity index (χ3v) is 12.8. The molecule has 368 valence electrons. The number of quaternary nitrogens is 1. The Hall–Kier alpha value is -1.25. The number of nitrogens with zero attached hydrogens (tertiary/aromatic N) is 1. The first-order valence-corrected chi connectivity index (χ1v) is 27.9. The second kappa shape index (κ2) is 44.9. The largest absolute Gasteiger partial charge is 0.472 e. The lowest BCUT2D eigenvalue weighted by atomic mass is 10.0. The molecule has 0 amide bonds. The summed E-state index contributed by atoms with van der Waals surface area (Å²) in [5.41, 5.74) is 0. The maximum absolute atomic E-state index is 12.8. The van der Waals surface area contributed by atoms with Crippen LogP contribution in [0, 0.1) is 0 Å². The minimum atomic E-state index is -4.38. The average molecular weight is 901 g/mol. The SMILES string of the molecule is CCCCCCCC/C=C\CCCCCCCCCCCC(=O)OC(COC(=O)CCCCCCCCCCCCCCCCCCCCC)COP(=O)(O)OCC[N+](C)(C)C. The third-order valence-electron chi connectivity index (χ3n) is 11.8. The summed E-state index contributed by atoms with van der Waals surface area (Å²) in [5.74, 6) is -0.784. The maximum Gasteiger partial charge on any atom is 0.472 e. The van der Waals surface area contributed by atoms with Gasteiger partial charge in [0.1, 0.15) is 19.8 Å². The number of allylic oxidation sites excluding steroid dienone is 2. The molecule has 2 atom stereocenters. The molecule has 0 radical (unpaired) electrons. The van der Waals surface area contributed by atoms with Gasteiger partial charge in [0.05, 0.1) is 27.7 Å². The van der Waals surface area contributed by atoms with Gasteiger partial charge in [0.25, 0.3) is 0 Å². The molecule has 1 N–H and O–H groups in total. The predicted octanol–water partition coefficient (Wildman–Crippen LogP) is 15.7. The summed E-state index contributed by atoms with van der Waals surface area (Å²) < 4.78 is 34.5. The molecular formula is C52H103NO8P+. The number of carbonyl (C=O) groups excluding carboxylic acids is 2. The lowest BCUT2D eigenvalue weighted by molar-refractivity contribution is -0.870. The van der Waals surface area contributed by atoms with Crippen LogP contribution in [0.4, 0.5) is 0 Å². The Bertz CT molecular complexity index is 1060. The van der Waals surface area contributed by atoms with Gasteiger partial charge in [-0.2, -0.15) is 0 Å². The summed E-state index contributed by atoms with van der Waals surface area (Å²) in [5, 5.41) is 0. The Kier molecular flexibility index (Phi) is 44.0. The molecule has 0 saturated carbocycles. The van der Waals surface area contributed by atoms with Crippen LogP contribution in [0.3, 0.4) is 0 Å². The van der Waals surface area contributed by atoms with E-state index in [4.69, 9.17) is 18.5 Å². The van der Waals surface area contributed by atoms with E-state index in [1.54, 1.807) is 0 Å². The van der Waals surface area contributed by atoms with Gasteiger partial charge in [0.2, 0.25) is 0 Å². The van der Waals surface area contributed by atoms with Gasteiger partial charge in [0.15, 0.2) is 6.10 Å². The van der Waals surface area contributed by atoms with Crippen LogP contribution in [0.5, 0.6) is 0 Å². The fraction of sp³-hybridized carbons (Fsp3) is 0.923. The van der Waals surface area contributed by atoms with Gasteiger partial charge in [-0.15, -0.1) is 0 Å². The summed E-state index contributed by atoms with van der Waals surface area (Å²) in [6.45, 7) is 4.47. The fourth-order valence-electron chi connectivity index (χ4n) is 7.66. The minimum Gasteiger partial charge on any atom is -0.462 e. The van der Waals surface area contributed by atoms with Crippen molar-refractivity contribution in [2.24, 2.45) is 0 Å². The monoisotopic (exact) mass is 901 g/mol. The van der Waals surface area contributed by atoms with Gasteiger partial charge in [-0.1, -0.05) is 219 Å². The van der Waals surface area contributed by atoms with Gasteiger partial charge in [-0.05, 0) is 38.5 Å². The van der Waals surface area contributed by atoms with E-state index >= 15 is 0 Å². The van der Waals surface area contributed by atoms with Gasteiger partial charge in [-0.25, -0.2) is 4.57 Å². The normalized spacial score (nSPS) is 13.5. The predicted molar refractivity (Wildman–Crippen MR) is 261 cm³/mol. The van der Waals surface area contributed by atoms with E-state index in [9.17, 15) is 19.0 Å². The highest BCUT2D eigenvalue weighted by Crippen LogP contribution is 2.43. The van der Waals surface area contributed by atoms with Crippen molar-refractivity contribution in [1.82, 2.24) is 0 Å². The molecule has 9 nitrogen and oxygen atoms in total. The quantitative estimate of drug-likeness (QED) is 0.0211. The maximum atomic E-state index is 12.8. The molecule has 0 aliphatic heterocycles. The number of ether oxygens (including phenoxy) is 2. The summed E-state index contributed by atoms with van der Waals surface area (Å²) in [7, 11) is 1.49. The Balaban J connectivity index is 4.20. The Morgan fingerprint density at radius 3 is 1.19 bits per heavy atom.